The predicted molar refractivity (Wildman–Crippen MR) is 132 cm³/mol. The molecule has 1 aromatic heterocycles. The van der Waals surface area contributed by atoms with E-state index in [2.05, 4.69) is 114 Å². The normalized spacial score (nSPS) is 13.4. The SMILES string of the molecule is Cc1c(C)n2c3c(cccc13)-c1cccc3c1B2c1ccccc1N3c1ccccc1. The third-order valence-electron chi connectivity index (χ3n) is 7.22. The van der Waals surface area contributed by atoms with Crippen LogP contribution in [0.25, 0.3) is 22.0 Å². The fourth-order valence-electron chi connectivity index (χ4n) is 5.79. The Balaban J connectivity index is 1.67. The molecule has 31 heavy (non-hydrogen) atoms. The minimum Gasteiger partial charge on any atom is -0.379 e. The number of para-hydroxylation sites is 3. The fourth-order valence-corrected chi connectivity index (χ4v) is 5.79. The monoisotopic (exact) mass is 396 g/mol. The molecule has 3 heteroatoms. The van der Waals surface area contributed by atoms with E-state index in [0.717, 1.165) is 0 Å². The first kappa shape index (κ1) is 17.0. The standard InChI is InChI=1S/C28H21BN2/c1-18-19(2)31-28-21(18)12-8-14-23(28)22-13-9-17-26-27(22)29(31)24-15-6-7-16-25(24)30(26)20-10-4-3-5-11-20/h3-17H,1-2H3. The Labute approximate surface area is 182 Å². The van der Waals surface area contributed by atoms with Gasteiger partial charge in [-0.1, -0.05) is 66.7 Å². The first-order chi connectivity index (χ1) is 15.3. The lowest BCUT2D eigenvalue weighted by Crippen LogP contribution is -2.57. The second-order valence-electron chi connectivity index (χ2n) is 8.65. The van der Waals surface area contributed by atoms with Gasteiger partial charge in [-0.15, -0.1) is 0 Å². The molecule has 5 aromatic rings. The maximum Gasteiger partial charge on any atom is 0.332 e. The molecule has 7 rings (SSSR count). The second-order valence-corrected chi connectivity index (χ2v) is 8.65. The van der Waals surface area contributed by atoms with Gasteiger partial charge in [-0.25, -0.2) is 0 Å². The molecule has 0 bridgehead atoms. The smallest absolute Gasteiger partial charge is 0.332 e. The number of hydrogen-bond acceptors (Lipinski definition) is 1. The summed E-state index contributed by atoms with van der Waals surface area (Å²) in [6, 6.07) is 33.2. The molecule has 0 aliphatic carbocycles. The molecular weight excluding hydrogens is 375 g/mol. The van der Waals surface area contributed by atoms with Crippen LogP contribution < -0.4 is 15.8 Å². The van der Waals surface area contributed by atoms with Gasteiger partial charge in [0.25, 0.3) is 0 Å². The Bertz CT molecular complexity index is 1510. The third kappa shape index (κ3) is 2.03. The van der Waals surface area contributed by atoms with Gasteiger partial charge in [-0.2, -0.15) is 0 Å². The van der Waals surface area contributed by atoms with Crippen LogP contribution in [0.2, 0.25) is 0 Å². The first-order valence-corrected chi connectivity index (χ1v) is 10.9. The highest BCUT2D eigenvalue weighted by molar-refractivity contribution is 6.89. The van der Waals surface area contributed by atoms with Gasteiger partial charge in [0.2, 0.25) is 0 Å². The van der Waals surface area contributed by atoms with Crippen molar-refractivity contribution >= 4 is 45.7 Å². The molecule has 0 fully saturated rings. The Kier molecular flexibility index (Phi) is 3.25. The first-order valence-electron chi connectivity index (χ1n) is 10.9. The van der Waals surface area contributed by atoms with Crippen LogP contribution in [0.4, 0.5) is 17.1 Å². The lowest BCUT2D eigenvalue weighted by Gasteiger charge is -2.40. The van der Waals surface area contributed by atoms with Crippen molar-refractivity contribution in [1.29, 1.82) is 0 Å². The van der Waals surface area contributed by atoms with Crippen LogP contribution in [0, 0.1) is 13.8 Å². The fraction of sp³-hybridized carbons (Fsp3) is 0.0714. The van der Waals surface area contributed by atoms with E-state index in [4.69, 9.17) is 0 Å². The number of rotatable bonds is 1. The Morgan fingerprint density at radius 1 is 0.645 bits per heavy atom. The molecule has 0 saturated heterocycles. The maximum atomic E-state index is 2.59. The van der Waals surface area contributed by atoms with Gasteiger partial charge in [-0.3, -0.25) is 0 Å². The maximum absolute atomic E-state index is 2.59. The average molecular weight is 396 g/mol. The van der Waals surface area contributed by atoms with Crippen molar-refractivity contribution < 1.29 is 0 Å². The number of aryl methyl sites for hydroxylation is 1. The molecule has 3 heterocycles. The van der Waals surface area contributed by atoms with Gasteiger partial charge >= 0.3 is 6.85 Å². The van der Waals surface area contributed by atoms with Crippen LogP contribution in [-0.2, 0) is 0 Å². The minimum atomic E-state index is 0.188. The number of benzene rings is 4. The molecule has 146 valence electrons. The number of anilines is 3. The van der Waals surface area contributed by atoms with E-state index in [-0.39, 0.29) is 6.85 Å². The molecule has 0 radical (unpaired) electrons. The van der Waals surface area contributed by atoms with Crippen LogP contribution in [0.3, 0.4) is 0 Å². The molecule has 2 aliphatic heterocycles. The summed E-state index contributed by atoms with van der Waals surface area (Å²) < 4.78 is 2.59. The number of nitrogens with zero attached hydrogens (tertiary/aromatic N) is 2. The van der Waals surface area contributed by atoms with E-state index in [0.29, 0.717) is 0 Å². The van der Waals surface area contributed by atoms with Crippen molar-refractivity contribution in [3.63, 3.8) is 0 Å². The number of fused-ring (bicyclic) bond motifs is 4. The number of hydrogen-bond donors (Lipinski definition) is 0. The van der Waals surface area contributed by atoms with Crippen molar-refractivity contribution in [3.8, 4) is 11.1 Å². The lowest BCUT2D eigenvalue weighted by atomic mass is 9.45. The third-order valence-corrected chi connectivity index (χ3v) is 7.22. The van der Waals surface area contributed by atoms with E-state index < -0.39 is 0 Å². The zero-order chi connectivity index (χ0) is 20.7. The predicted octanol–water partition coefficient (Wildman–Crippen LogP) is 5.68. The molecule has 0 N–H and O–H groups in total. The van der Waals surface area contributed by atoms with E-state index in [1.54, 1.807) is 0 Å². The molecule has 0 unspecified atom stereocenters. The second kappa shape index (κ2) is 5.92. The van der Waals surface area contributed by atoms with Gasteiger partial charge in [0.05, 0.1) is 0 Å². The lowest BCUT2D eigenvalue weighted by molar-refractivity contribution is 1.13. The van der Waals surface area contributed by atoms with Crippen LogP contribution in [0.15, 0.2) is 91.0 Å². The zero-order valence-corrected chi connectivity index (χ0v) is 17.6. The summed E-state index contributed by atoms with van der Waals surface area (Å²) in [5.74, 6) is 0. The summed E-state index contributed by atoms with van der Waals surface area (Å²) in [7, 11) is 0. The Morgan fingerprint density at radius 3 is 2.23 bits per heavy atom. The molecule has 2 nitrogen and oxygen atoms in total. The van der Waals surface area contributed by atoms with Gasteiger partial charge < -0.3 is 9.38 Å². The van der Waals surface area contributed by atoms with Gasteiger partial charge in [-0.05, 0) is 60.2 Å². The summed E-state index contributed by atoms with van der Waals surface area (Å²) in [5.41, 5.74) is 13.3. The van der Waals surface area contributed by atoms with Crippen molar-refractivity contribution in [3.05, 3.63) is 102 Å². The molecule has 0 spiro atoms. The van der Waals surface area contributed by atoms with Crippen LogP contribution in [-0.4, -0.2) is 11.3 Å². The summed E-state index contributed by atoms with van der Waals surface area (Å²) in [6.45, 7) is 4.73. The van der Waals surface area contributed by atoms with Gasteiger partial charge in [0.1, 0.15) is 0 Å². The molecular formula is C28H21BN2. The Hall–Kier alpha value is -3.72. The molecule has 4 aromatic carbocycles. The van der Waals surface area contributed by atoms with Crippen LogP contribution >= 0.6 is 0 Å². The highest BCUT2D eigenvalue weighted by Gasteiger charge is 2.42. The van der Waals surface area contributed by atoms with Crippen LogP contribution in [0.5, 0.6) is 0 Å². The zero-order valence-electron chi connectivity index (χ0n) is 17.6. The van der Waals surface area contributed by atoms with Crippen molar-refractivity contribution in [2.24, 2.45) is 0 Å². The largest absolute Gasteiger partial charge is 0.379 e. The quantitative estimate of drug-likeness (QED) is 0.325. The Morgan fingerprint density at radius 2 is 1.35 bits per heavy atom. The highest BCUT2D eigenvalue weighted by atomic mass is 15.2. The van der Waals surface area contributed by atoms with Crippen molar-refractivity contribution in [1.82, 2.24) is 4.48 Å². The molecule has 0 atom stereocenters. The summed E-state index contributed by atoms with van der Waals surface area (Å²) in [4.78, 5) is 2.43. The minimum absolute atomic E-state index is 0.188. The van der Waals surface area contributed by atoms with Crippen molar-refractivity contribution in [2.75, 3.05) is 4.90 Å². The summed E-state index contributed by atoms with van der Waals surface area (Å²) in [5, 5.41) is 1.37. The average Bonchev–Trinajstić information content (AvgIpc) is 3.08. The van der Waals surface area contributed by atoms with E-state index >= 15 is 0 Å². The van der Waals surface area contributed by atoms with E-state index in [1.807, 2.05) is 0 Å². The topological polar surface area (TPSA) is 8.17 Å². The van der Waals surface area contributed by atoms with E-state index in [1.165, 1.54) is 61.3 Å². The van der Waals surface area contributed by atoms with Crippen molar-refractivity contribution in [2.45, 2.75) is 13.8 Å². The number of aromatic nitrogens is 1. The van der Waals surface area contributed by atoms with Gasteiger partial charge in [0.15, 0.2) is 0 Å². The summed E-state index contributed by atoms with van der Waals surface area (Å²) in [6.07, 6.45) is 0. The molecule has 0 saturated carbocycles. The highest BCUT2D eigenvalue weighted by Crippen LogP contribution is 2.43. The van der Waals surface area contributed by atoms with E-state index in [9.17, 15) is 0 Å². The molecule has 2 aliphatic rings. The van der Waals surface area contributed by atoms with Crippen LogP contribution in [0.1, 0.15) is 11.3 Å². The summed E-state index contributed by atoms with van der Waals surface area (Å²) >= 11 is 0. The molecule has 0 amide bonds. The van der Waals surface area contributed by atoms with Gasteiger partial charge in [0, 0.05) is 39.2 Å².